The average Bonchev–Trinajstić information content (AvgIpc) is 3.19. The molecule has 1 amide bonds. The van der Waals surface area contributed by atoms with Crippen LogP contribution in [-0.4, -0.2) is 39.4 Å². The molecule has 1 atom stereocenters. The van der Waals surface area contributed by atoms with Crippen molar-refractivity contribution in [1.82, 2.24) is 9.55 Å². The van der Waals surface area contributed by atoms with E-state index in [9.17, 15) is 14.4 Å². The molecule has 33 heavy (non-hydrogen) atoms. The Kier molecular flexibility index (Phi) is 6.90. The molecule has 0 aliphatic carbocycles. The highest BCUT2D eigenvalue weighted by molar-refractivity contribution is 8.00. The zero-order chi connectivity index (χ0) is 23.5. The van der Waals surface area contributed by atoms with Crippen LogP contribution < -0.4 is 15.6 Å². The van der Waals surface area contributed by atoms with Crippen LogP contribution in [0.4, 0.5) is 5.69 Å². The minimum absolute atomic E-state index is 0.0323. The van der Waals surface area contributed by atoms with Gasteiger partial charge in [-0.05, 0) is 55.5 Å². The number of Topliss-reactive ketones (excluding diaryl/α,β-unsaturated/α-hetero) is 1. The SMILES string of the molecule is COc1ccc(-n2c(SCC(=O)Nc3ccc(C(C)=O)cc3)nc3c(c2=O)SC(C)C3)cc1. The number of ketones is 1. The molecule has 1 aliphatic heterocycles. The lowest BCUT2D eigenvalue weighted by Crippen LogP contribution is -2.24. The number of nitrogens with one attached hydrogen (secondary N) is 1. The van der Waals surface area contributed by atoms with Gasteiger partial charge < -0.3 is 10.1 Å². The van der Waals surface area contributed by atoms with Crippen LogP contribution in [0.5, 0.6) is 5.75 Å². The summed E-state index contributed by atoms with van der Waals surface area (Å²) in [5.41, 5.74) is 2.51. The third-order valence-electron chi connectivity index (χ3n) is 5.12. The van der Waals surface area contributed by atoms with Gasteiger partial charge in [-0.15, -0.1) is 11.8 Å². The molecule has 1 unspecified atom stereocenters. The lowest BCUT2D eigenvalue weighted by molar-refractivity contribution is -0.113. The predicted molar refractivity (Wildman–Crippen MR) is 131 cm³/mol. The molecule has 4 rings (SSSR count). The number of nitrogens with zero attached hydrogens (tertiary/aromatic N) is 2. The first-order valence-corrected chi connectivity index (χ1v) is 12.2. The molecular weight excluding hydrogens is 458 g/mol. The number of aromatic nitrogens is 2. The lowest BCUT2D eigenvalue weighted by atomic mass is 10.1. The van der Waals surface area contributed by atoms with E-state index in [1.165, 1.54) is 30.4 Å². The highest BCUT2D eigenvalue weighted by atomic mass is 32.2. The minimum Gasteiger partial charge on any atom is -0.497 e. The maximum atomic E-state index is 13.3. The van der Waals surface area contributed by atoms with Gasteiger partial charge >= 0.3 is 0 Å². The third kappa shape index (κ3) is 5.15. The van der Waals surface area contributed by atoms with Crippen molar-refractivity contribution in [1.29, 1.82) is 0 Å². The summed E-state index contributed by atoms with van der Waals surface area (Å²) in [6.45, 7) is 3.57. The van der Waals surface area contributed by atoms with Crippen LogP contribution in [0.2, 0.25) is 0 Å². The standard InChI is InChI=1S/C24H23N3O4S2/c1-14-12-20-22(33-14)23(30)27(18-8-10-19(31-3)11-9-18)24(26-20)32-13-21(29)25-17-6-4-16(5-7-17)15(2)28/h4-11,14H,12-13H2,1-3H3,(H,25,29). The first kappa shape index (κ1) is 23.1. The van der Waals surface area contributed by atoms with E-state index in [1.54, 1.807) is 60.2 Å². The largest absolute Gasteiger partial charge is 0.497 e. The number of ether oxygens (including phenoxy) is 1. The van der Waals surface area contributed by atoms with Crippen LogP contribution in [0.1, 0.15) is 29.9 Å². The number of amides is 1. The predicted octanol–water partition coefficient (Wildman–Crippen LogP) is 4.21. The van der Waals surface area contributed by atoms with Gasteiger partial charge in [0, 0.05) is 22.9 Å². The second-order valence-electron chi connectivity index (χ2n) is 7.61. The molecule has 2 aromatic carbocycles. The molecule has 1 aromatic heterocycles. The molecule has 1 aliphatic rings. The molecule has 3 aromatic rings. The van der Waals surface area contributed by atoms with Crippen molar-refractivity contribution in [3.63, 3.8) is 0 Å². The van der Waals surface area contributed by atoms with Gasteiger partial charge in [0.25, 0.3) is 5.56 Å². The third-order valence-corrected chi connectivity index (χ3v) is 7.27. The van der Waals surface area contributed by atoms with Gasteiger partial charge in [0.1, 0.15) is 5.75 Å². The van der Waals surface area contributed by atoms with Crippen molar-refractivity contribution >= 4 is 40.9 Å². The number of methoxy groups -OCH3 is 1. The summed E-state index contributed by atoms with van der Waals surface area (Å²) < 4.78 is 6.78. The molecule has 1 N–H and O–H groups in total. The molecule has 0 saturated heterocycles. The monoisotopic (exact) mass is 481 g/mol. The van der Waals surface area contributed by atoms with Crippen LogP contribution in [0, 0.1) is 0 Å². The van der Waals surface area contributed by atoms with E-state index < -0.39 is 0 Å². The average molecular weight is 482 g/mol. The Hall–Kier alpha value is -3.04. The smallest absolute Gasteiger partial charge is 0.272 e. The first-order valence-electron chi connectivity index (χ1n) is 10.4. The summed E-state index contributed by atoms with van der Waals surface area (Å²) in [4.78, 5) is 42.7. The molecule has 2 heterocycles. The van der Waals surface area contributed by atoms with Crippen molar-refractivity contribution in [3.05, 3.63) is 70.1 Å². The Morgan fingerprint density at radius 1 is 1.18 bits per heavy atom. The summed E-state index contributed by atoms with van der Waals surface area (Å²) in [6, 6.07) is 13.9. The summed E-state index contributed by atoms with van der Waals surface area (Å²) >= 11 is 2.75. The van der Waals surface area contributed by atoms with Gasteiger partial charge in [-0.2, -0.15) is 0 Å². The first-order chi connectivity index (χ1) is 15.9. The van der Waals surface area contributed by atoms with E-state index in [1.807, 2.05) is 0 Å². The van der Waals surface area contributed by atoms with E-state index >= 15 is 0 Å². The molecule has 0 fully saturated rings. The normalized spacial score (nSPS) is 14.6. The van der Waals surface area contributed by atoms with Crippen molar-refractivity contribution in [2.24, 2.45) is 0 Å². The molecule has 0 bridgehead atoms. The number of hydrogen-bond donors (Lipinski definition) is 1. The number of thioether (sulfide) groups is 2. The summed E-state index contributed by atoms with van der Waals surface area (Å²) in [7, 11) is 1.59. The second-order valence-corrected chi connectivity index (χ2v) is 10.0. The molecule has 170 valence electrons. The van der Waals surface area contributed by atoms with E-state index in [0.29, 0.717) is 32.7 Å². The number of rotatable bonds is 7. The van der Waals surface area contributed by atoms with Crippen LogP contribution in [-0.2, 0) is 11.2 Å². The quantitative estimate of drug-likeness (QED) is 0.307. The van der Waals surface area contributed by atoms with E-state index in [-0.39, 0.29) is 28.3 Å². The van der Waals surface area contributed by atoms with Gasteiger partial charge in [-0.25, -0.2) is 4.98 Å². The molecule has 0 saturated carbocycles. The fourth-order valence-electron chi connectivity index (χ4n) is 3.47. The molecule has 0 radical (unpaired) electrons. The number of benzene rings is 2. The number of fused-ring (bicyclic) bond motifs is 1. The summed E-state index contributed by atoms with van der Waals surface area (Å²) in [6.07, 6.45) is 0.723. The van der Waals surface area contributed by atoms with Crippen LogP contribution in [0.15, 0.2) is 63.4 Å². The van der Waals surface area contributed by atoms with Gasteiger partial charge in [-0.1, -0.05) is 18.7 Å². The number of hydrogen-bond acceptors (Lipinski definition) is 7. The summed E-state index contributed by atoms with van der Waals surface area (Å²) in [5.74, 6) is 0.510. The Bertz CT molecular complexity index is 1250. The Morgan fingerprint density at radius 2 is 1.88 bits per heavy atom. The van der Waals surface area contributed by atoms with Crippen molar-refractivity contribution in [3.8, 4) is 11.4 Å². The maximum Gasteiger partial charge on any atom is 0.272 e. The minimum atomic E-state index is -0.227. The van der Waals surface area contributed by atoms with Crippen molar-refractivity contribution in [2.45, 2.75) is 35.6 Å². The Labute approximate surface area is 200 Å². The second kappa shape index (κ2) is 9.84. The van der Waals surface area contributed by atoms with Crippen molar-refractivity contribution < 1.29 is 14.3 Å². The van der Waals surface area contributed by atoms with Crippen molar-refractivity contribution in [2.75, 3.05) is 18.2 Å². The lowest BCUT2D eigenvalue weighted by Gasteiger charge is -2.14. The summed E-state index contributed by atoms with van der Waals surface area (Å²) in [5, 5.41) is 3.58. The number of anilines is 1. The number of carbonyl (C=O) groups excluding carboxylic acids is 2. The van der Waals surface area contributed by atoms with Crippen LogP contribution in [0.3, 0.4) is 0 Å². The van der Waals surface area contributed by atoms with E-state index in [0.717, 1.165) is 12.1 Å². The van der Waals surface area contributed by atoms with Gasteiger partial charge in [0.2, 0.25) is 5.91 Å². The molecular formula is C24H23N3O4S2. The van der Waals surface area contributed by atoms with Crippen LogP contribution in [0.25, 0.3) is 5.69 Å². The van der Waals surface area contributed by atoms with Crippen LogP contribution >= 0.6 is 23.5 Å². The van der Waals surface area contributed by atoms with E-state index in [4.69, 9.17) is 9.72 Å². The van der Waals surface area contributed by atoms with Gasteiger partial charge in [-0.3, -0.25) is 19.0 Å². The van der Waals surface area contributed by atoms with Gasteiger partial charge in [0.15, 0.2) is 10.9 Å². The Balaban J connectivity index is 1.58. The van der Waals surface area contributed by atoms with Gasteiger partial charge in [0.05, 0.1) is 29.1 Å². The zero-order valence-corrected chi connectivity index (χ0v) is 20.1. The molecule has 7 nitrogen and oxygen atoms in total. The molecule has 9 heteroatoms. The topological polar surface area (TPSA) is 90.3 Å². The fourth-order valence-corrected chi connectivity index (χ4v) is 5.40. The molecule has 0 spiro atoms. The van der Waals surface area contributed by atoms with E-state index in [2.05, 4.69) is 12.2 Å². The highest BCUT2D eigenvalue weighted by Crippen LogP contribution is 2.35. The highest BCUT2D eigenvalue weighted by Gasteiger charge is 2.27. The number of carbonyl (C=O) groups is 2. The zero-order valence-electron chi connectivity index (χ0n) is 18.5. The maximum absolute atomic E-state index is 13.3. The Morgan fingerprint density at radius 3 is 2.52 bits per heavy atom. The fraction of sp³-hybridized carbons (Fsp3) is 0.250.